The monoisotopic (exact) mass is 396 g/mol. The van der Waals surface area contributed by atoms with Crippen molar-refractivity contribution in [3.8, 4) is 5.75 Å². The van der Waals surface area contributed by atoms with Crippen LogP contribution in [0.1, 0.15) is 15.9 Å². The standard InChI is InChI=1S/C19H20N6O4/c1-28-11-18(26)22-16-8-7-15(9-17(16)29-2)21-19(27)14-5-3-13(4-6-14)10-25-12-20-23-24-25/h3-9,12H,10-11H2,1-2H3,(H,21,27)(H,22,26). The van der Waals surface area contributed by atoms with Gasteiger partial charge in [-0.3, -0.25) is 9.59 Å². The summed E-state index contributed by atoms with van der Waals surface area (Å²) in [4.78, 5) is 24.2. The second-order valence-corrected chi connectivity index (χ2v) is 6.05. The quantitative estimate of drug-likeness (QED) is 0.593. The molecule has 3 rings (SSSR count). The number of ether oxygens (including phenoxy) is 2. The van der Waals surface area contributed by atoms with Crippen LogP contribution in [0, 0.1) is 0 Å². The Labute approximate surface area is 166 Å². The van der Waals surface area contributed by atoms with E-state index in [2.05, 4.69) is 26.2 Å². The molecule has 0 aliphatic rings. The van der Waals surface area contributed by atoms with Gasteiger partial charge in [-0.15, -0.1) is 5.10 Å². The maximum atomic E-state index is 12.5. The Morgan fingerprint density at radius 2 is 1.86 bits per heavy atom. The maximum absolute atomic E-state index is 12.5. The van der Waals surface area contributed by atoms with Crippen molar-refractivity contribution >= 4 is 23.2 Å². The number of benzene rings is 2. The van der Waals surface area contributed by atoms with Crippen LogP contribution in [0.5, 0.6) is 5.75 Å². The van der Waals surface area contributed by atoms with Gasteiger partial charge in [-0.25, -0.2) is 4.68 Å². The van der Waals surface area contributed by atoms with Crippen LogP contribution < -0.4 is 15.4 Å². The normalized spacial score (nSPS) is 10.4. The van der Waals surface area contributed by atoms with E-state index in [1.807, 2.05) is 12.1 Å². The second-order valence-electron chi connectivity index (χ2n) is 6.05. The van der Waals surface area contributed by atoms with Crippen molar-refractivity contribution in [3.05, 3.63) is 59.9 Å². The van der Waals surface area contributed by atoms with Crippen molar-refractivity contribution in [2.24, 2.45) is 0 Å². The van der Waals surface area contributed by atoms with Crippen molar-refractivity contribution in [2.75, 3.05) is 31.5 Å². The number of nitrogens with one attached hydrogen (secondary N) is 2. The molecule has 10 nitrogen and oxygen atoms in total. The van der Waals surface area contributed by atoms with Crippen molar-refractivity contribution < 1.29 is 19.1 Å². The third-order valence-corrected chi connectivity index (χ3v) is 3.96. The predicted octanol–water partition coefficient (Wildman–Crippen LogP) is 1.57. The number of hydrogen-bond donors (Lipinski definition) is 2. The van der Waals surface area contributed by atoms with Gasteiger partial charge in [0, 0.05) is 24.4 Å². The molecule has 1 heterocycles. The molecular weight excluding hydrogens is 376 g/mol. The van der Waals surface area contributed by atoms with Gasteiger partial charge < -0.3 is 20.1 Å². The Bertz CT molecular complexity index is 973. The number of aromatic nitrogens is 4. The van der Waals surface area contributed by atoms with Crippen LogP contribution in [-0.2, 0) is 16.1 Å². The number of amides is 2. The third-order valence-electron chi connectivity index (χ3n) is 3.96. The number of rotatable bonds is 8. The fourth-order valence-electron chi connectivity index (χ4n) is 2.59. The highest BCUT2D eigenvalue weighted by Crippen LogP contribution is 2.28. The second kappa shape index (κ2) is 9.42. The first-order valence-electron chi connectivity index (χ1n) is 8.67. The molecule has 29 heavy (non-hydrogen) atoms. The molecule has 2 aromatic carbocycles. The van der Waals surface area contributed by atoms with E-state index < -0.39 is 0 Å². The summed E-state index contributed by atoms with van der Waals surface area (Å²) in [5.74, 6) is -0.148. The predicted molar refractivity (Wildman–Crippen MR) is 105 cm³/mol. The van der Waals surface area contributed by atoms with E-state index in [1.165, 1.54) is 20.5 Å². The van der Waals surface area contributed by atoms with Crippen LogP contribution in [0.25, 0.3) is 0 Å². The fraction of sp³-hybridized carbons (Fsp3) is 0.211. The summed E-state index contributed by atoms with van der Waals surface area (Å²) >= 11 is 0. The fourth-order valence-corrected chi connectivity index (χ4v) is 2.59. The van der Waals surface area contributed by atoms with Crippen molar-refractivity contribution in [2.45, 2.75) is 6.54 Å². The minimum absolute atomic E-state index is 0.0644. The first-order valence-corrected chi connectivity index (χ1v) is 8.67. The van der Waals surface area contributed by atoms with Crippen molar-refractivity contribution in [1.29, 1.82) is 0 Å². The van der Waals surface area contributed by atoms with Gasteiger partial charge in [-0.05, 0) is 40.3 Å². The van der Waals surface area contributed by atoms with Crippen LogP contribution in [0.3, 0.4) is 0 Å². The first kappa shape index (κ1) is 20.0. The summed E-state index contributed by atoms with van der Waals surface area (Å²) in [6.07, 6.45) is 1.52. The summed E-state index contributed by atoms with van der Waals surface area (Å²) in [5, 5.41) is 16.5. The molecule has 1 aromatic heterocycles. The van der Waals surface area contributed by atoms with Gasteiger partial charge in [-0.1, -0.05) is 12.1 Å². The molecule has 0 saturated heterocycles. The van der Waals surface area contributed by atoms with Crippen LogP contribution >= 0.6 is 0 Å². The van der Waals surface area contributed by atoms with Crippen LogP contribution in [0.4, 0.5) is 11.4 Å². The molecule has 0 bridgehead atoms. The molecule has 0 saturated carbocycles. The van der Waals surface area contributed by atoms with E-state index in [1.54, 1.807) is 35.0 Å². The lowest BCUT2D eigenvalue weighted by atomic mass is 10.1. The Morgan fingerprint density at radius 3 is 2.52 bits per heavy atom. The molecule has 0 radical (unpaired) electrons. The average Bonchev–Trinajstić information content (AvgIpc) is 3.23. The van der Waals surface area contributed by atoms with Crippen molar-refractivity contribution in [1.82, 2.24) is 20.2 Å². The average molecular weight is 396 g/mol. The Kier molecular flexibility index (Phi) is 6.48. The van der Waals surface area contributed by atoms with E-state index >= 15 is 0 Å². The van der Waals surface area contributed by atoms with E-state index in [0.29, 0.717) is 29.2 Å². The molecule has 0 unspecified atom stereocenters. The highest BCUT2D eigenvalue weighted by molar-refractivity contribution is 6.04. The molecule has 3 aromatic rings. The zero-order valence-electron chi connectivity index (χ0n) is 16.0. The van der Waals surface area contributed by atoms with E-state index in [4.69, 9.17) is 9.47 Å². The smallest absolute Gasteiger partial charge is 0.255 e. The molecule has 150 valence electrons. The van der Waals surface area contributed by atoms with Crippen LogP contribution in [0.15, 0.2) is 48.8 Å². The summed E-state index contributed by atoms with van der Waals surface area (Å²) < 4.78 is 11.7. The number of nitrogens with zero attached hydrogens (tertiary/aromatic N) is 4. The molecule has 2 N–H and O–H groups in total. The minimum atomic E-state index is -0.302. The van der Waals surface area contributed by atoms with Gasteiger partial charge in [-0.2, -0.15) is 0 Å². The minimum Gasteiger partial charge on any atom is -0.494 e. The Hall–Kier alpha value is -3.79. The van der Waals surface area contributed by atoms with E-state index in [9.17, 15) is 9.59 Å². The Morgan fingerprint density at radius 1 is 1.07 bits per heavy atom. The maximum Gasteiger partial charge on any atom is 0.255 e. The number of tetrazole rings is 1. The molecule has 0 aliphatic carbocycles. The van der Waals surface area contributed by atoms with Crippen LogP contribution in [0.2, 0.25) is 0 Å². The molecule has 0 atom stereocenters. The largest absolute Gasteiger partial charge is 0.494 e. The number of methoxy groups -OCH3 is 2. The lowest BCUT2D eigenvalue weighted by Crippen LogP contribution is -2.18. The highest BCUT2D eigenvalue weighted by Gasteiger charge is 2.11. The van der Waals surface area contributed by atoms with E-state index in [-0.39, 0.29) is 18.4 Å². The molecule has 0 spiro atoms. The first-order chi connectivity index (χ1) is 14.1. The van der Waals surface area contributed by atoms with Gasteiger partial charge in [0.15, 0.2) is 0 Å². The van der Waals surface area contributed by atoms with Gasteiger partial charge in [0.05, 0.1) is 19.3 Å². The van der Waals surface area contributed by atoms with Crippen LogP contribution in [-0.4, -0.2) is 52.8 Å². The number of carbonyl (C=O) groups is 2. The molecule has 0 fully saturated rings. The lowest BCUT2D eigenvalue weighted by molar-refractivity contribution is -0.119. The molecule has 2 amide bonds. The third kappa shape index (κ3) is 5.36. The zero-order valence-corrected chi connectivity index (χ0v) is 16.0. The molecule has 10 heteroatoms. The summed E-state index contributed by atoms with van der Waals surface area (Å²) in [6, 6.07) is 12.1. The number of hydrogen-bond acceptors (Lipinski definition) is 7. The van der Waals surface area contributed by atoms with E-state index in [0.717, 1.165) is 5.56 Å². The van der Waals surface area contributed by atoms with Gasteiger partial charge in [0.2, 0.25) is 5.91 Å². The summed E-state index contributed by atoms with van der Waals surface area (Å²) in [7, 11) is 2.92. The molecular formula is C19H20N6O4. The highest BCUT2D eigenvalue weighted by atomic mass is 16.5. The lowest BCUT2D eigenvalue weighted by Gasteiger charge is -2.12. The SMILES string of the molecule is COCC(=O)Nc1ccc(NC(=O)c2ccc(Cn3cnnn3)cc2)cc1OC. The summed E-state index contributed by atoms with van der Waals surface area (Å²) in [5.41, 5.74) is 2.49. The van der Waals surface area contributed by atoms with Gasteiger partial charge in [0.25, 0.3) is 5.91 Å². The van der Waals surface area contributed by atoms with Gasteiger partial charge in [0.1, 0.15) is 18.7 Å². The summed E-state index contributed by atoms with van der Waals surface area (Å²) in [6.45, 7) is 0.452. The van der Waals surface area contributed by atoms with Crippen molar-refractivity contribution in [3.63, 3.8) is 0 Å². The topological polar surface area (TPSA) is 120 Å². The zero-order chi connectivity index (χ0) is 20.6. The van der Waals surface area contributed by atoms with Gasteiger partial charge >= 0.3 is 0 Å². The Balaban J connectivity index is 1.65. The molecule has 0 aliphatic heterocycles. The number of anilines is 2. The number of carbonyl (C=O) groups excluding carboxylic acids is 2.